The lowest BCUT2D eigenvalue weighted by Crippen LogP contribution is -2.31. The molecule has 1 amide bonds. The minimum Gasteiger partial charge on any atom is -0.452 e. The monoisotopic (exact) mass is 221 g/mol. The van der Waals surface area contributed by atoms with E-state index in [2.05, 4.69) is 11.3 Å². The van der Waals surface area contributed by atoms with Crippen LogP contribution < -0.4 is 0 Å². The third-order valence-corrected chi connectivity index (χ3v) is 2.03. The zero-order valence-electron chi connectivity index (χ0n) is 8.33. The maximum Gasteiger partial charge on any atom is 0.413 e. The van der Waals surface area contributed by atoms with Gasteiger partial charge in [0.2, 0.25) is 0 Å². The molecule has 0 aliphatic heterocycles. The number of nitrogens with zero attached hydrogens (tertiary/aromatic N) is 1. The summed E-state index contributed by atoms with van der Waals surface area (Å²) in [5, 5.41) is 8.59. The summed E-state index contributed by atoms with van der Waals surface area (Å²) in [6.45, 7) is 4.24. The first-order valence-corrected chi connectivity index (χ1v) is 4.91. The normalized spacial score (nSPS) is 9.64. The molecule has 0 aliphatic carbocycles. The summed E-state index contributed by atoms with van der Waals surface area (Å²) in [5.74, 6) is 0.189. The molecule has 0 aromatic carbocycles. The van der Waals surface area contributed by atoms with E-state index in [9.17, 15) is 4.79 Å². The molecule has 1 N–H and O–H groups in total. The summed E-state index contributed by atoms with van der Waals surface area (Å²) in [5.41, 5.74) is 0.511. The van der Waals surface area contributed by atoms with E-state index >= 15 is 0 Å². The number of aliphatic hydroxyl groups excluding tert-OH is 1. The SMILES string of the molecule is C=C(CCl)N(CCCCO)C(=O)OC. The molecule has 0 radical (unpaired) electrons. The second kappa shape index (κ2) is 7.64. The summed E-state index contributed by atoms with van der Waals surface area (Å²) >= 11 is 5.56. The Labute approximate surface area is 89.1 Å². The fraction of sp³-hybridized carbons (Fsp3) is 0.667. The first kappa shape index (κ1) is 13.3. The third kappa shape index (κ3) is 4.48. The highest BCUT2D eigenvalue weighted by molar-refractivity contribution is 6.19. The summed E-state index contributed by atoms with van der Waals surface area (Å²) in [7, 11) is 1.31. The number of carbonyl (C=O) groups is 1. The Morgan fingerprint density at radius 1 is 1.57 bits per heavy atom. The number of halogens is 1. The number of aliphatic hydroxyl groups is 1. The number of hydrogen-bond donors (Lipinski definition) is 1. The lowest BCUT2D eigenvalue weighted by atomic mass is 10.3. The molecule has 0 saturated heterocycles. The Bertz CT molecular complexity index is 180. The number of hydrogen-bond acceptors (Lipinski definition) is 3. The van der Waals surface area contributed by atoms with E-state index in [1.807, 2.05) is 0 Å². The highest BCUT2D eigenvalue weighted by Gasteiger charge is 2.15. The Morgan fingerprint density at radius 3 is 2.64 bits per heavy atom. The van der Waals surface area contributed by atoms with E-state index < -0.39 is 6.09 Å². The van der Waals surface area contributed by atoms with E-state index in [0.717, 1.165) is 0 Å². The highest BCUT2D eigenvalue weighted by Crippen LogP contribution is 2.08. The second-order valence-electron chi connectivity index (χ2n) is 2.75. The molecule has 0 aromatic rings. The number of carbonyl (C=O) groups excluding carboxylic acids is 1. The summed E-state index contributed by atoms with van der Waals surface area (Å²) < 4.78 is 4.57. The minimum absolute atomic E-state index is 0.113. The van der Waals surface area contributed by atoms with E-state index in [1.54, 1.807) is 0 Å². The van der Waals surface area contributed by atoms with Crippen molar-refractivity contribution >= 4 is 17.7 Å². The Kier molecular flexibility index (Phi) is 7.24. The van der Waals surface area contributed by atoms with Crippen LogP contribution in [-0.4, -0.2) is 42.2 Å². The number of ether oxygens (including phenoxy) is 1. The van der Waals surface area contributed by atoms with Gasteiger partial charge in [-0.3, -0.25) is 4.90 Å². The van der Waals surface area contributed by atoms with Crippen molar-refractivity contribution in [2.75, 3.05) is 26.1 Å². The summed E-state index contributed by atoms with van der Waals surface area (Å²) in [6, 6.07) is 0. The van der Waals surface area contributed by atoms with Crippen LogP contribution >= 0.6 is 11.6 Å². The van der Waals surface area contributed by atoms with Crippen molar-refractivity contribution in [3.8, 4) is 0 Å². The van der Waals surface area contributed by atoms with E-state index in [0.29, 0.717) is 25.1 Å². The van der Waals surface area contributed by atoms with Gasteiger partial charge in [0.15, 0.2) is 0 Å². The van der Waals surface area contributed by atoms with E-state index in [4.69, 9.17) is 16.7 Å². The Balaban J connectivity index is 4.11. The van der Waals surface area contributed by atoms with Crippen LogP contribution in [-0.2, 0) is 4.74 Å². The first-order chi connectivity index (χ1) is 6.67. The Hall–Kier alpha value is -0.740. The molecule has 0 heterocycles. The molecule has 82 valence electrons. The zero-order valence-corrected chi connectivity index (χ0v) is 9.09. The van der Waals surface area contributed by atoms with E-state index in [1.165, 1.54) is 12.0 Å². The fourth-order valence-corrected chi connectivity index (χ4v) is 1.09. The average molecular weight is 222 g/mol. The van der Waals surface area contributed by atoms with Gasteiger partial charge >= 0.3 is 6.09 Å². The molecule has 0 rings (SSSR count). The minimum atomic E-state index is -0.464. The number of alkyl halides is 1. The third-order valence-electron chi connectivity index (χ3n) is 1.72. The predicted octanol–water partition coefficient (Wildman–Crippen LogP) is 1.58. The molecule has 14 heavy (non-hydrogen) atoms. The van der Waals surface area contributed by atoms with Crippen LogP contribution in [0.3, 0.4) is 0 Å². The van der Waals surface area contributed by atoms with Crippen LogP contribution in [0.2, 0.25) is 0 Å². The van der Waals surface area contributed by atoms with Crippen molar-refractivity contribution < 1.29 is 14.6 Å². The van der Waals surface area contributed by atoms with Gasteiger partial charge in [0.25, 0.3) is 0 Å². The van der Waals surface area contributed by atoms with Crippen LogP contribution in [0, 0.1) is 0 Å². The molecule has 0 atom stereocenters. The van der Waals surface area contributed by atoms with Gasteiger partial charge in [0.1, 0.15) is 0 Å². The number of rotatable bonds is 6. The van der Waals surface area contributed by atoms with Crippen LogP contribution in [0.4, 0.5) is 4.79 Å². The van der Waals surface area contributed by atoms with Gasteiger partial charge in [-0.25, -0.2) is 4.79 Å². The molecule has 4 nitrogen and oxygen atoms in total. The summed E-state index contributed by atoms with van der Waals surface area (Å²) in [6.07, 6.45) is 0.874. The molecule has 0 bridgehead atoms. The van der Waals surface area contributed by atoms with Crippen molar-refractivity contribution in [2.24, 2.45) is 0 Å². The zero-order chi connectivity index (χ0) is 11.0. The van der Waals surface area contributed by atoms with Crippen LogP contribution in [0.15, 0.2) is 12.3 Å². The van der Waals surface area contributed by atoms with Crippen LogP contribution in [0.5, 0.6) is 0 Å². The van der Waals surface area contributed by atoms with Crippen molar-refractivity contribution in [1.82, 2.24) is 4.90 Å². The van der Waals surface area contributed by atoms with Crippen molar-refractivity contribution in [3.63, 3.8) is 0 Å². The molecular formula is C9H16ClNO3. The van der Waals surface area contributed by atoms with Gasteiger partial charge in [-0.2, -0.15) is 0 Å². The smallest absolute Gasteiger partial charge is 0.413 e. The standard InChI is InChI=1S/C9H16ClNO3/c1-8(7-10)11(9(13)14-2)5-3-4-6-12/h12H,1,3-7H2,2H3. The molecule has 5 heteroatoms. The number of methoxy groups -OCH3 is 1. The molecule has 0 aliphatic rings. The topological polar surface area (TPSA) is 49.8 Å². The maximum absolute atomic E-state index is 11.2. The van der Waals surface area contributed by atoms with E-state index in [-0.39, 0.29) is 12.5 Å². The first-order valence-electron chi connectivity index (χ1n) is 4.37. The van der Waals surface area contributed by atoms with Gasteiger partial charge < -0.3 is 9.84 Å². The quantitative estimate of drug-likeness (QED) is 0.547. The highest BCUT2D eigenvalue weighted by atomic mass is 35.5. The molecule has 0 aromatic heterocycles. The van der Waals surface area contributed by atoms with Gasteiger partial charge in [-0.05, 0) is 12.8 Å². The lowest BCUT2D eigenvalue weighted by Gasteiger charge is -2.21. The Morgan fingerprint density at radius 2 is 2.21 bits per heavy atom. The maximum atomic E-state index is 11.2. The van der Waals surface area contributed by atoms with Crippen molar-refractivity contribution in [2.45, 2.75) is 12.8 Å². The van der Waals surface area contributed by atoms with Gasteiger partial charge in [-0.1, -0.05) is 6.58 Å². The largest absolute Gasteiger partial charge is 0.452 e. The second-order valence-corrected chi connectivity index (χ2v) is 3.02. The van der Waals surface area contributed by atoms with Gasteiger partial charge in [0.05, 0.1) is 13.0 Å². The van der Waals surface area contributed by atoms with Crippen LogP contribution in [0.1, 0.15) is 12.8 Å². The van der Waals surface area contributed by atoms with Crippen molar-refractivity contribution in [1.29, 1.82) is 0 Å². The van der Waals surface area contributed by atoms with Gasteiger partial charge in [-0.15, -0.1) is 11.6 Å². The average Bonchev–Trinajstić information content (AvgIpc) is 2.22. The molecule has 0 saturated carbocycles. The fourth-order valence-electron chi connectivity index (χ4n) is 0.943. The van der Waals surface area contributed by atoms with Crippen LogP contribution in [0.25, 0.3) is 0 Å². The predicted molar refractivity (Wildman–Crippen MR) is 55.3 cm³/mol. The number of unbranched alkanes of at least 4 members (excludes halogenated alkanes) is 1. The van der Waals surface area contributed by atoms with Crippen molar-refractivity contribution in [3.05, 3.63) is 12.3 Å². The number of amides is 1. The molecule has 0 fully saturated rings. The van der Waals surface area contributed by atoms with Gasteiger partial charge in [0, 0.05) is 18.8 Å². The number of allylic oxidation sites excluding steroid dienone is 1. The summed E-state index contributed by atoms with van der Waals surface area (Å²) in [4.78, 5) is 12.6. The molecule has 0 spiro atoms. The lowest BCUT2D eigenvalue weighted by molar-refractivity contribution is 0.134. The molecular weight excluding hydrogens is 206 g/mol. The molecule has 0 unspecified atom stereocenters.